The minimum Gasteiger partial charge on any atom is -0.448 e. The summed E-state index contributed by atoms with van der Waals surface area (Å²) in [6.45, 7) is 1.91. The van der Waals surface area contributed by atoms with E-state index in [9.17, 15) is 14.4 Å². The van der Waals surface area contributed by atoms with Crippen LogP contribution in [0.2, 0.25) is 0 Å². The van der Waals surface area contributed by atoms with Crippen LogP contribution in [0, 0.1) is 0 Å². The number of esters is 1. The van der Waals surface area contributed by atoms with Crippen molar-refractivity contribution in [1.29, 1.82) is 0 Å². The molecule has 11 nitrogen and oxygen atoms in total. The maximum absolute atomic E-state index is 13.7. The lowest BCUT2D eigenvalue weighted by atomic mass is 10.0. The number of aromatic nitrogens is 2. The van der Waals surface area contributed by atoms with E-state index in [1.807, 2.05) is 60.7 Å². The summed E-state index contributed by atoms with van der Waals surface area (Å²) in [5, 5.41) is 6.09. The second-order valence-corrected chi connectivity index (χ2v) is 11.0. The molecule has 2 aliphatic rings. The summed E-state index contributed by atoms with van der Waals surface area (Å²) < 4.78 is 10.1. The highest BCUT2D eigenvalue weighted by Crippen LogP contribution is 2.42. The van der Waals surface area contributed by atoms with Crippen LogP contribution in [0.4, 0.5) is 5.13 Å². The molecule has 2 aromatic carbocycles. The van der Waals surface area contributed by atoms with E-state index in [4.69, 9.17) is 26.9 Å². The monoisotopic (exact) mass is 612 g/mol. The van der Waals surface area contributed by atoms with Crippen molar-refractivity contribution in [2.45, 2.75) is 24.4 Å². The van der Waals surface area contributed by atoms with E-state index < -0.39 is 35.3 Å². The van der Waals surface area contributed by atoms with E-state index in [-0.39, 0.29) is 34.9 Å². The van der Waals surface area contributed by atoms with Crippen molar-refractivity contribution in [2.75, 3.05) is 24.0 Å². The highest BCUT2D eigenvalue weighted by atomic mass is 35.5. The highest BCUT2D eigenvalue weighted by molar-refractivity contribution is 8.00. The number of hydrogen-bond donors (Lipinski definition) is 2. The number of nitrogen functional groups attached to an aromatic ring is 1. The van der Waals surface area contributed by atoms with Crippen LogP contribution in [-0.4, -0.2) is 67.4 Å². The van der Waals surface area contributed by atoms with Gasteiger partial charge in [-0.1, -0.05) is 65.8 Å². The summed E-state index contributed by atoms with van der Waals surface area (Å²) >= 11 is 8.50. The Kier molecular flexibility index (Phi) is 8.86. The van der Waals surface area contributed by atoms with E-state index in [1.165, 1.54) is 16.7 Å². The van der Waals surface area contributed by atoms with Crippen molar-refractivity contribution >= 4 is 63.5 Å². The number of nitrogens with two attached hydrogens (primary N) is 1. The molecule has 0 spiro atoms. The Labute approximate surface area is 248 Å². The first-order chi connectivity index (χ1) is 19.9. The zero-order chi connectivity index (χ0) is 28.9. The van der Waals surface area contributed by atoms with Crippen molar-refractivity contribution in [3.05, 3.63) is 88.9 Å². The molecule has 0 saturated carbocycles. The van der Waals surface area contributed by atoms with Gasteiger partial charge in [0.1, 0.15) is 23.7 Å². The number of hydrogen-bond acceptors (Lipinski definition) is 11. The van der Waals surface area contributed by atoms with Gasteiger partial charge in [0.15, 0.2) is 11.2 Å². The number of carbonyl (C=O) groups excluding carboxylic acids is 3. The number of ether oxygens (including phenoxy) is 1. The van der Waals surface area contributed by atoms with E-state index in [0.717, 1.165) is 22.7 Å². The average Bonchev–Trinajstić information content (AvgIpc) is 3.44. The first-order valence-corrected chi connectivity index (χ1v) is 14.9. The summed E-state index contributed by atoms with van der Waals surface area (Å²) in [4.78, 5) is 50.6. The Morgan fingerprint density at radius 2 is 1.83 bits per heavy atom. The molecule has 2 amide bonds. The molecule has 212 valence electrons. The minimum absolute atomic E-state index is 0.0140. The van der Waals surface area contributed by atoms with Crippen molar-refractivity contribution in [3.8, 4) is 0 Å². The Balaban J connectivity index is 1.37. The lowest BCUT2D eigenvalue weighted by molar-refractivity contribution is -0.154. The van der Waals surface area contributed by atoms with Gasteiger partial charge in [-0.25, -0.2) is 4.79 Å². The van der Waals surface area contributed by atoms with Gasteiger partial charge in [-0.2, -0.15) is 9.36 Å². The van der Waals surface area contributed by atoms with Crippen molar-refractivity contribution in [2.24, 2.45) is 5.16 Å². The summed E-state index contributed by atoms with van der Waals surface area (Å²) in [7, 11) is 0. The van der Waals surface area contributed by atoms with Crippen molar-refractivity contribution in [3.63, 3.8) is 0 Å². The number of amides is 2. The van der Waals surface area contributed by atoms with Crippen molar-refractivity contribution < 1.29 is 24.0 Å². The molecule has 3 aromatic rings. The number of alkyl halides is 1. The third kappa shape index (κ3) is 5.92. The van der Waals surface area contributed by atoms with Crippen molar-refractivity contribution in [1.82, 2.24) is 19.6 Å². The zero-order valence-corrected chi connectivity index (χ0v) is 24.1. The van der Waals surface area contributed by atoms with E-state index in [0.29, 0.717) is 11.3 Å². The number of carbonyl (C=O) groups is 3. The Morgan fingerprint density at radius 1 is 1.17 bits per heavy atom. The number of oxime groups is 1. The molecule has 0 bridgehead atoms. The van der Waals surface area contributed by atoms with Gasteiger partial charge in [0, 0.05) is 23.2 Å². The van der Waals surface area contributed by atoms with Gasteiger partial charge in [0.25, 0.3) is 11.8 Å². The SMILES string of the molecule is CCON=C(C(=O)NC1C(=O)N2C(C(=O)OC(c3ccccc3)c3ccccc3)=C(CCl)CS[C@@H]12)c1nsc(N)n1. The zero-order valence-electron chi connectivity index (χ0n) is 21.7. The fraction of sp³-hybridized carbons (Fsp3) is 0.259. The number of benzene rings is 2. The largest absolute Gasteiger partial charge is 0.448 e. The highest BCUT2D eigenvalue weighted by Gasteiger charge is 2.55. The summed E-state index contributed by atoms with van der Waals surface area (Å²) in [6, 6.07) is 17.7. The summed E-state index contributed by atoms with van der Waals surface area (Å²) in [5.74, 6) is -1.47. The third-order valence-corrected chi connectivity index (χ3v) is 8.48. The molecule has 0 radical (unpaired) electrons. The van der Waals surface area contributed by atoms with Gasteiger partial charge in [-0.3, -0.25) is 14.5 Å². The van der Waals surface area contributed by atoms with E-state index in [2.05, 4.69) is 19.8 Å². The number of halogens is 1. The smallest absolute Gasteiger partial charge is 0.356 e. The van der Waals surface area contributed by atoms with Gasteiger partial charge in [-0.05, 0) is 23.6 Å². The first-order valence-electron chi connectivity index (χ1n) is 12.6. The molecule has 1 saturated heterocycles. The van der Waals surface area contributed by atoms with Gasteiger partial charge in [-0.15, -0.1) is 23.4 Å². The number of rotatable bonds is 10. The lowest BCUT2D eigenvalue weighted by Gasteiger charge is -2.49. The van der Waals surface area contributed by atoms with Crippen LogP contribution in [0.25, 0.3) is 0 Å². The average molecular weight is 613 g/mol. The van der Waals surface area contributed by atoms with Gasteiger partial charge in [0.05, 0.1) is 0 Å². The Morgan fingerprint density at radius 3 is 2.39 bits per heavy atom. The van der Waals surface area contributed by atoms with E-state index >= 15 is 0 Å². The molecule has 3 N–H and O–H groups in total. The molecule has 5 rings (SSSR count). The maximum Gasteiger partial charge on any atom is 0.356 e. The molecular weight excluding hydrogens is 588 g/mol. The third-order valence-electron chi connectivity index (χ3n) is 6.27. The number of β-lactam (4-membered cyclic amide) rings is 1. The normalized spacial score (nSPS) is 18.6. The molecule has 0 aliphatic carbocycles. The molecule has 3 heterocycles. The van der Waals surface area contributed by atoms with E-state index in [1.54, 1.807) is 6.92 Å². The topological polar surface area (TPSA) is 149 Å². The first kappa shape index (κ1) is 28.6. The molecule has 14 heteroatoms. The second kappa shape index (κ2) is 12.7. The maximum atomic E-state index is 13.7. The number of fused-ring (bicyclic) bond motifs is 1. The Hall–Kier alpha value is -3.94. The number of thioether (sulfide) groups is 1. The molecule has 1 aromatic heterocycles. The molecule has 2 aliphatic heterocycles. The van der Waals surface area contributed by atoms with Crippen LogP contribution < -0.4 is 11.1 Å². The number of nitrogens with one attached hydrogen (secondary N) is 1. The predicted molar refractivity (Wildman–Crippen MR) is 156 cm³/mol. The fourth-order valence-corrected chi connectivity index (χ4v) is 6.49. The Bertz CT molecular complexity index is 1460. The van der Waals surface area contributed by atoms with Gasteiger partial charge < -0.3 is 20.6 Å². The van der Waals surface area contributed by atoms with Gasteiger partial charge >= 0.3 is 5.97 Å². The van der Waals surface area contributed by atoms with Crippen LogP contribution >= 0.6 is 34.9 Å². The minimum atomic E-state index is -0.936. The quantitative estimate of drug-likeness (QED) is 0.116. The molecular formula is C27H25ClN6O5S2. The lowest BCUT2D eigenvalue weighted by Crippen LogP contribution is -2.71. The number of anilines is 1. The summed E-state index contributed by atoms with van der Waals surface area (Å²) in [6.07, 6.45) is -0.704. The van der Waals surface area contributed by atoms with Crippen LogP contribution in [0.15, 0.2) is 77.1 Å². The molecule has 1 unspecified atom stereocenters. The standard InChI is InChI=1S/C27H25ClN6O5S2/c1-2-38-32-18(22-31-27(29)41-33-22)23(35)30-19-24(36)34-20(17(13-28)14-40-25(19)34)26(37)39-21(15-9-5-3-6-10-15)16-11-7-4-8-12-16/h3-12,19,21,25H,2,13-14H2,1H3,(H,30,35)(H2,29,31,33)/t19?,25-/m0/s1. The summed E-state index contributed by atoms with van der Waals surface area (Å²) in [5.41, 5.74) is 7.67. The van der Waals surface area contributed by atoms with Crippen LogP contribution in [-0.2, 0) is 24.0 Å². The molecule has 2 atom stereocenters. The fourth-order valence-electron chi connectivity index (χ4n) is 4.38. The molecule has 41 heavy (non-hydrogen) atoms. The number of nitrogens with zero attached hydrogens (tertiary/aromatic N) is 4. The predicted octanol–water partition coefficient (Wildman–Crippen LogP) is 3.09. The van der Waals surface area contributed by atoms with Gasteiger partial charge in [0.2, 0.25) is 11.5 Å². The van der Waals surface area contributed by atoms with Crippen LogP contribution in [0.3, 0.4) is 0 Å². The second-order valence-electron chi connectivity index (χ2n) is 8.87. The van der Waals surface area contributed by atoms with Crippen LogP contribution in [0.1, 0.15) is 30.0 Å². The molecule has 1 fully saturated rings. The van der Waals surface area contributed by atoms with Crippen LogP contribution in [0.5, 0.6) is 0 Å².